The van der Waals surface area contributed by atoms with Crippen LogP contribution in [0.15, 0.2) is 66.9 Å². The van der Waals surface area contributed by atoms with E-state index < -0.39 is 17.4 Å². The number of rotatable bonds is 9. The van der Waals surface area contributed by atoms with E-state index in [0.29, 0.717) is 55.0 Å². The Morgan fingerprint density at radius 1 is 1.14 bits per heavy atom. The third-order valence-corrected chi connectivity index (χ3v) is 6.90. The second-order valence-corrected chi connectivity index (χ2v) is 9.19. The quantitative estimate of drug-likeness (QED) is 0.355. The van der Waals surface area contributed by atoms with Crippen LogP contribution in [0.1, 0.15) is 31.0 Å². The smallest absolute Gasteiger partial charge is 0.268 e. The number of aryl methyl sites for hydroxylation is 1. The highest BCUT2D eigenvalue weighted by atomic mass is 16.3. The van der Waals surface area contributed by atoms with Crippen molar-refractivity contribution in [2.75, 3.05) is 23.0 Å². The van der Waals surface area contributed by atoms with Gasteiger partial charge in [0.2, 0.25) is 5.91 Å². The lowest BCUT2D eigenvalue weighted by Gasteiger charge is -2.32. The highest BCUT2D eigenvalue weighted by molar-refractivity contribution is 6.13. The van der Waals surface area contributed by atoms with Gasteiger partial charge in [0.15, 0.2) is 5.60 Å². The number of para-hydroxylation sites is 1. The molecule has 1 fully saturated rings. The average Bonchev–Trinajstić information content (AvgIpc) is 3.42. The van der Waals surface area contributed by atoms with Gasteiger partial charge >= 0.3 is 0 Å². The fourth-order valence-corrected chi connectivity index (χ4v) is 4.77. The standard InChI is InChI=1S/C27H29N5O4/c1-19(7-5-6-14-30-18-20(13-16-33)28-29-30)27(36)23-17-22(31-15-12-25(31)34)10-11-24(23)32(26(27)35)21-8-3-2-4-9-21/h2-5,7-11,17-19,33,36H,6,12-16H2,1H3/b7-5+/t19-,27+/m1/s1. The number of hydrogen-bond acceptors (Lipinski definition) is 6. The predicted molar refractivity (Wildman–Crippen MR) is 135 cm³/mol. The van der Waals surface area contributed by atoms with Crippen LogP contribution >= 0.6 is 0 Å². The summed E-state index contributed by atoms with van der Waals surface area (Å²) in [5.41, 5.74) is 1.42. The summed E-state index contributed by atoms with van der Waals surface area (Å²) in [6.45, 7) is 3.06. The zero-order valence-corrected chi connectivity index (χ0v) is 20.1. The maximum atomic E-state index is 13.8. The molecule has 0 saturated carbocycles. The number of amides is 2. The maximum absolute atomic E-state index is 13.8. The van der Waals surface area contributed by atoms with Crippen molar-refractivity contribution in [3.8, 4) is 0 Å². The molecule has 9 heteroatoms. The Morgan fingerprint density at radius 2 is 1.94 bits per heavy atom. The highest BCUT2D eigenvalue weighted by Crippen LogP contribution is 2.49. The number of allylic oxidation sites excluding steroid dienone is 1. The Morgan fingerprint density at radius 3 is 2.64 bits per heavy atom. The molecule has 2 atom stereocenters. The Bertz CT molecular complexity index is 1300. The fraction of sp³-hybridized carbons (Fsp3) is 0.333. The molecule has 2 N–H and O–H groups in total. The number of aliphatic hydroxyl groups excluding tert-OH is 1. The first-order chi connectivity index (χ1) is 17.4. The van der Waals surface area contributed by atoms with Crippen molar-refractivity contribution in [3.63, 3.8) is 0 Å². The fourth-order valence-electron chi connectivity index (χ4n) is 4.77. The minimum Gasteiger partial charge on any atom is -0.396 e. The van der Waals surface area contributed by atoms with E-state index in [1.54, 1.807) is 26.7 Å². The van der Waals surface area contributed by atoms with Crippen LogP contribution in [0.2, 0.25) is 0 Å². The van der Waals surface area contributed by atoms with Crippen LogP contribution in [-0.4, -0.2) is 50.2 Å². The Labute approximate surface area is 209 Å². The normalized spacial score (nSPS) is 20.2. The number of carbonyl (C=O) groups is 2. The molecule has 2 aliphatic heterocycles. The van der Waals surface area contributed by atoms with E-state index in [-0.39, 0.29) is 12.5 Å². The summed E-state index contributed by atoms with van der Waals surface area (Å²) in [7, 11) is 0. The van der Waals surface area contributed by atoms with Gasteiger partial charge < -0.3 is 15.1 Å². The maximum Gasteiger partial charge on any atom is 0.268 e. The molecule has 3 heterocycles. The van der Waals surface area contributed by atoms with Gasteiger partial charge in [0.05, 0.1) is 11.4 Å². The molecule has 1 aromatic heterocycles. The van der Waals surface area contributed by atoms with E-state index in [0.717, 1.165) is 5.69 Å². The van der Waals surface area contributed by atoms with Crippen molar-refractivity contribution in [3.05, 3.63) is 78.1 Å². The molecule has 0 aliphatic carbocycles. The van der Waals surface area contributed by atoms with Crippen LogP contribution in [0, 0.1) is 5.92 Å². The van der Waals surface area contributed by atoms with E-state index in [2.05, 4.69) is 10.3 Å². The first kappa shape index (κ1) is 23.9. The number of aromatic nitrogens is 3. The number of β-lactam (4-membered cyclic amide) rings is 1. The zero-order valence-electron chi connectivity index (χ0n) is 20.1. The van der Waals surface area contributed by atoms with E-state index in [4.69, 9.17) is 5.11 Å². The molecule has 2 amide bonds. The average molecular weight is 488 g/mol. The SMILES string of the molecule is C[C@H](/C=C/CCn1cc(CCO)nn1)[C@@]1(O)C(=O)N(c2ccccc2)c2ccc(N3CCC3=O)cc21. The van der Waals surface area contributed by atoms with Crippen LogP contribution in [0.3, 0.4) is 0 Å². The number of fused-ring (bicyclic) bond motifs is 1. The number of benzene rings is 2. The minimum absolute atomic E-state index is 0.0256. The second kappa shape index (κ2) is 9.67. The molecule has 2 aliphatic rings. The van der Waals surface area contributed by atoms with E-state index in [9.17, 15) is 14.7 Å². The first-order valence-electron chi connectivity index (χ1n) is 12.2. The third kappa shape index (κ3) is 4.10. The summed E-state index contributed by atoms with van der Waals surface area (Å²) < 4.78 is 1.71. The molecule has 186 valence electrons. The third-order valence-electron chi connectivity index (χ3n) is 6.90. The van der Waals surface area contributed by atoms with Crippen LogP contribution in [0.4, 0.5) is 17.1 Å². The molecular formula is C27H29N5O4. The lowest BCUT2D eigenvalue weighted by atomic mass is 9.82. The first-order valence-corrected chi connectivity index (χ1v) is 12.2. The van der Waals surface area contributed by atoms with Crippen LogP contribution in [0.5, 0.6) is 0 Å². The van der Waals surface area contributed by atoms with E-state index in [1.165, 1.54) is 0 Å². The lowest BCUT2D eigenvalue weighted by molar-refractivity contribution is -0.138. The molecule has 2 aromatic carbocycles. The van der Waals surface area contributed by atoms with Crippen molar-refractivity contribution in [2.24, 2.45) is 5.92 Å². The summed E-state index contributed by atoms with van der Waals surface area (Å²) in [5, 5.41) is 29.1. The van der Waals surface area contributed by atoms with Crippen molar-refractivity contribution in [1.29, 1.82) is 0 Å². The number of aliphatic hydroxyl groups is 2. The molecule has 5 rings (SSSR count). The molecular weight excluding hydrogens is 458 g/mol. The molecule has 9 nitrogen and oxygen atoms in total. The van der Waals surface area contributed by atoms with Gasteiger partial charge in [0.25, 0.3) is 5.91 Å². The Kier molecular flexibility index (Phi) is 6.42. The summed E-state index contributed by atoms with van der Waals surface area (Å²) in [5.74, 6) is -0.913. The van der Waals surface area contributed by atoms with Gasteiger partial charge in [-0.05, 0) is 36.8 Å². The van der Waals surface area contributed by atoms with Gasteiger partial charge in [-0.25, -0.2) is 0 Å². The molecule has 0 unspecified atom stereocenters. The highest BCUT2D eigenvalue weighted by Gasteiger charge is 2.53. The summed E-state index contributed by atoms with van der Waals surface area (Å²) >= 11 is 0. The van der Waals surface area contributed by atoms with Gasteiger partial charge in [-0.15, -0.1) is 5.10 Å². The lowest BCUT2D eigenvalue weighted by Crippen LogP contribution is -2.44. The van der Waals surface area contributed by atoms with Crippen LogP contribution < -0.4 is 9.80 Å². The Hall–Kier alpha value is -3.82. The number of hydrogen-bond donors (Lipinski definition) is 2. The predicted octanol–water partition coefficient (Wildman–Crippen LogP) is 2.70. The molecule has 0 radical (unpaired) electrons. The van der Waals surface area contributed by atoms with Crippen molar-refractivity contribution in [1.82, 2.24) is 15.0 Å². The second-order valence-electron chi connectivity index (χ2n) is 9.19. The Balaban J connectivity index is 1.42. The molecule has 3 aromatic rings. The van der Waals surface area contributed by atoms with Gasteiger partial charge in [-0.2, -0.15) is 0 Å². The molecule has 0 bridgehead atoms. The molecule has 0 spiro atoms. The van der Waals surface area contributed by atoms with Gasteiger partial charge in [0.1, 0.15) is 0 Å². The number of nitrogens with zero attached hydrogens (tertiary/aromatic N) is 5. The largest absolute Gasteiger partial charge is 0.396 e. The van der Waals surface area contributed by atoms with Crippen molar-refractivity contribution in [2.45, 2.75) is 38.3 Å². The molecule has 1 saturated heterocycles. The minimum atomic E-state index is -1.78. The number of carbonyl (C=O) groups excluding carboxylic acids is 2. The summed E-state index contributed by atoms with van der Waals surface area (Å²) in [6, 6.07) is 14.7. The van der Waals surface area contributed by atoms with Gasteiger partial charge in [-0.1, -0.05) is 42.5 Å². The zero-order chi connectivity index (χ0) is 25.3. The summed E-state index contributed by atoms with van der Waals surface area (Å²) in [6.07, 6.45) is 7.18. The van der Waals surface area contributed by atoms with Crippen LogP contribution in [-0.2, 0) is 28.2 Å². The van der Waals surface area contributed by atoms with Gasteiger partial charge in [-0.3, -0.25) is 19.2 Å². The molecule has 36 heavy (non-hydrogen) atoms. The van der Waals surface area contributed by atoms with Crippen molar-refractivity contribution >= 4 is 28.9 Å². The van der Waals surface area contributed by atoms with Crippen molar-refractivity contribution < 1.29 is 19.8 Å². The number of anilines is 3. The monoisotopic (exact) mass is 487 g/mol. The van der Waals surface area contributed by atoms with Gasteiger partial charge in [0, 0.05) is 61.6 Å². The topological polar surface area (TPSA) is 112 Å². The van der Waals surface area contributed by atoms with E-state index >= 15 is 0 Å². The summed E-state index contributed by atoms with van der Waals surface area (Å²) in [4.78, 5) is 29.1. The van der Waals surface area contributed by atoms with E-state index in [1.807, 2.05) is 61.5 Å². The van der Waals surface area contributed by atoms with Crippen LogP contribution in [0.25, 0.3) is 0 Å².